The van der Waals surface area contributed by atoms with E-state index in [-0.39, 0.29) is 5.41 Å². The Balaban J connectivity index is 1.22. The van der Waals surface area contributed by atoms with Gasteiger partial charge in [-0.2, -0.15) is 0 Å². The molecule has 11 rings (SSSR count). The zero-order valence-electron chi connectivity index (χ0n) is 26.6. The molecule has 1 nitrogen and oxygen atoms in total. The number of anilines is 3. The first-order valence-electron chi connectivity index (χ1n) is 16.9. The summed E-state index contributed by atoms with van der Waals surface area (Å²) in [4.78, 5) is 2.48. The normalized spacial score (nSPS) is 13.5. The summed E-state index contributed by atoms with van der Waals surface area (Å²) >= 11 is 1.89. The fourth-order valence-corrected chi connectivity index (χ4v) is 10.2. The van der Waals surface area contributed by atoms with Crippen molar-refractivity contribution in [3.8, 4) is 22.3 Å². The number of rotatable bonds is 3. The lowest BCUT2D eigenvalue weighted by molar-refractivity contribution is 0.794. The van der Waals surface area contributed by atoms with Crippen molar-refractivity contribution in [2.24, 2.45) is 0 Å². The van der Waals surface area contributed by atoms with Crippen LogP contribution in [0.1, 0.15) is 22.3 Å². The van der Waals surface area contributed by atoms with Gasteiger partial charge in [0.2, 0.25) is 0 Å². The Hall–Kier alpha value is -5.96. The van der Waals surface area contributed by atoms with Gasteiger partial charge in [-0.05, 0) is 91.7 Å². The first-order valence-corrected chi connectivity index (χ1v) is 17.8. The Bertz CT molecular complexity index is 2740. The van der Waals surface area contributed by atoms with E-state index in [1.807, 2.05) is 11.3 Å². The number of nitrogens with zero attached hydrogens (tertiary/aromatic N) is 1. The lowest BCUT2D eigenvalue weighted by atomic mass is 9.70. The molecule has 2 heteroatoms. The van der Waals surface area contributed by atoms with E-state index in [2.05, 4.69) is 181 Å². The smallest absolute Gasteiger partial charge is 0.0725 e. The number of fused-ring (bicyclic) bond motifs is 15. The minimum absolute atomic E-state index is 0.350. The number of hydrogen-bond donors (Lipinski definition) is 0. The third kappa shape index (κ3) is 3.54. The van der Waals surface area contributed by atoms with Crippen LogP contribution in [0, 0.1) is 0 Å². The summed E-state index contributed by atoms with van der Waals surface area (Å²) in [5.41, 5.74) is 13.9. The highest BCUT2D eigenvalue weighted by Gasteiger charge is 2.51. The van der Waals surface area contributed by atoms with Gasteiger partial charge < -0.3 is 4.90 Å². The number of para-hydroxylation sites is 1. The monoisotopic (exact) mass is 639 g/mol. The predicted molar refractivity (Wildman–Crippen MR) is 208 cm³/mol. The van der Waals surface area contributed by atoms with Crippen molar-refractivity contribution in [1.82, 2.24) is 0 Å². The van der Waals surface area contributed by atoms with Crippen LogP contribution in [-0.2, 0) is 5.41 Å². The second-order valence-electron chi connectivity index (χ2n) is 13.2. The van der Waals surface area contributed by atoms with Gasteiger partial charge in [0.25, 0.3) is 0 Å². The topological polar surface area (TPSA) is 3.24 Å². The molecule has 2 aliphatic carbocycles. The van der Waals surface area contributed by atoms with Crippen LogP contribution in [0.15, 0.2) is 176 Å². The molecule has 0 bridgehead atoms. The SMILES string of the molecule is c1ccc(N(c2ccc3c(c2)-c2ccccc2C32c3ccccc3-c3ccccc32)c2cc3ccccc3c3c2sc2ccccc23)cc1. The third-order valence-corrected chi connectivity index (χ3v) is 12.0. The highest BCUT2D eigenvalue weighted by molar-refractivity contribution is 7.26. The highest BCUT2D eigenvalue weighted by atomic mass is 32.1. The second kappa shape index (κ2) is 10.0. The Morgan fingerprint density at radius 2 is 0.959 bits per heavy atom. The zero-order chi connectivity index (χ0) is 32.1. The summed E-state index contributed by atoms with van der Waals surface area (Å²) in [6, 6.07) is 65.3. The van der Waals surface area contributed by atoms with Gasteiger partial charge in [-0.25, -0.2) is 0 Å². The maximum absolute atomic E-state index is 2.48. The summed E-state index contributed by atoms with van der Waals surface area (Å²) < 4.78 is 2.62. The summed E-state index contributed by atoms with van der Waals surface area (Å²) in [7, 11) is 0. The molecule has 1 spiro atoms. The Kier molecular flexibility index (Phi) is 5.53. The number of hydrogen-bond acceptors (Lipinski definition) is 2. The van der Waals surface area contributed by atoms with E-state index in [4.69, 9.17) is 0 Å². The molecule has 1 aromatic heterocycles. The molecule has 49 heavy (non-hydrogen) atoms. The standard InChI is InChI=1S/C47H29NS/c1-2-15-31(16-3-1)48(43-28-30-14-4-5-17-33(30)45-37-21-9-13-25-44(37)49-46(43)45)32-26-27-42-38(29-32)36-20-8-12-24-41(36)47(42)39-22-10-6-18-34(39)35-19-7-11-23-40(35)47/h1-29H. The Labute approximate surface area is 289 Å². The molecule has 0 saturated carbocycles. The van der Waals surface area contributed by atoms with Crippen LogP contribution < -0.4 is 4.90 Å². The molecule has 0 aliphatic heterocycles. The molecule has 0 atom stereocenters. The van der Waals surface area contributed by atoms with Crippen molar-refractivity contribution < 1.29 is 0 Å². The molecule has 0 amide bonds. The van der Waals surface area contributed by atoms with Gasteiger partial charge in [-0.15, -0.1) is 11.3 Å². The predicted octanol–water partition coefficient (Wildman–Crippen LogP) is 13.0. The van der Waals surface area contributed by atoms with Gasteiger partial charge in [0, 0.05) is 26.8 Å². The molecule has 1 heterocycles. The van der Waals surface area contributed by atoms with E-state index in [1.54, 1.807) is 0 Å². The zero-order valence-corrected chi connectivity index (χ0v) is 27.4. The van der Waals surface area contributed by atoms with Gasteiger partial charge in [-0.1, -0.05) is 140 Å². The fraction of sp³-hybridized carbons (Fsp3) is 0.0213. The summed E-state index contributed by atoms with van der Waals surface area (Å²) in [5, 5.41) is 5.20. The third-order valence-electron chi connectivity index (χ3n) is 10.8. The van der Waals surface area contributed by atoms with E-state index in [1.165, 1.54) is 81.1 Å². The molecule has 0 fully saturated rings. The maximum Gasteiger partial charge on any atom is 0.0725 e. The molecule has 228 valence electrons. The van der Waals surface area contributed by atoms with Crippen LogP contribution in [0.25, 0.3) is 53.2 Å². The van der Waals surface area contributed by atoms with Crippen LogP contribution in [0.5, 0.6) is 0 Å². The van der Waals surface area contributed by atoms with Gasteiger partial charge in [-0.3, -0.25) is 0 Å². The first kappa shape index (κ1) is 27.0. The molecule has 0 unspecified atom stereocenters. The summed E-state index contributed by atoms with van der Waals surface area (Å²) in [5.74, 6) is 0. The minimum atomic E-state index is -0.350. The lowest BCUT2D eigenvalue weighted by Crippen LogP contribution is -2.25. The summed E-state index contributed by atoms with van der Waals surface area (Å²) in [6.45, 7) is 0. The van der Waals surface area contributed by atoms with Gasteiger partial charge in [0.1, 0.15) is 0 Å². The molecule has 0 saturated heterocycles. The molecular weight excluding hydrogens is 611 g/mol. The van der Waals surface area contributed by atoms with Crippen molar-refractivity contribution in [2.45, 2.75) is 5.41 Å². The van der Waals surface area contributed by atoms with Crippen molar-refractivity contribution in [2.75, 3.05) is 4.90 Å². The number of thiophene rings is 1. The summed E-state index contributed by atoms with van der Waals surface area (Å²) in [6.07, 6.45) is 0. The van der Waals surface area contributed by atoms with E-state index in [9.17, 15) is 0 Å². The fourth-order valence-electron chi connectivity index (χ4n) is 8.95. The second-order valence-corrected chi connectivity index (χ2v) is 14.3. The van der Waals surface area contributed by atoms with Crippen molar-refractivity contribution >= 4 is 59.3 Å². The van der Waals surface area contributed by atoms with Crippen LogP contribution in [0.4, 0.5) is 17.1 Å². The first-order chi connectivity index (χ1) is 24.3. The maximum atomic E-state index is 2.48. The van der Waals surface area contributed by atoms with Gasteiger partial charge in [0.15, 0.2) is 0 Å². The Morgan fingerprint density at radius 3 is 1.67 bits per heavy atom. The molecular formula is C47H29NS. The van der Waals surface area contributed by atoms with E-state index in [0.717, 1.165) is 11.4 Å². The largest absolute Gasteiger partial charge is 0.309 e. The quantitative estimate of drug-likeness (QED) is 0.186. The minimum Gasteiger partial charge on any atom is -0.309 e. The highest BCUT2D eigenvalue weighted by Crippen LogP contribution is 2.63. The average Bonchev–Trinajstić information content (AvgIpc) is 3.80. The molecule has 9 aromatic rings. The average molecular weight is 640 g/mol. The van der Waals surface area contributed by atoms with Gasteiger partial charge >= 0.3 is 0 Å². The van der Waals surface area contributed by atoms with Gasteiger partial charge in [0.05, 0.1) is 15.8 Å². The van der Waals surface area contributed by atoms with Crippen LogP contribution in [-0.4, -0.2) is 0 Å². The van der Waals surface area contributed by atoms with E-state index >= 15 is 0 Å². The van der Waals surface area contributed by atoms with Crippen LogP contribution in [0.2, 0.25) is 0 Å². The van der Waals surface area contributed by atoms with Crippen LogP contribution >= 0.6 is 11.3 Å². The van der Waals surface area contributed by atoms with Crippen molar-refractivity contribution in [3.05, 3.63) is 198 Å². The molecule has 8 aromatic carbocycles. The molecule has 0 N–H and O–H groups in total. The van der Waals surface area contributed by atoms with Crippen molar-refractivity contribution in [3.63, 3.8) is 0 Å². The lowest BCUT2D eigenvalue weighted by Gasteiger charge is -2.31. The number of benzene rings is 8. The van der Waals surface area contributed by atoms with E-state index < -0.39 is 0 Å². The molecule has 2 aliphatic rings. The van der Waals surface area contributed by atoms with E-state index in [0.29, 0.717) is 0 Å². The Morgan fingerprint density at radius 1 is 0.408 bits per heavy atom. The van der Waals surface area contributed by atoms with Crippen LogP contribution in [0.3, 0.4) is 0 Å². The van der Waals surface area contributed by atoms with Crippen molar-refractivity contribution in [1.29, 1.82) is 0 Å². The molecule has 0 radical (unpaired) electrons.